The number of nitrogens with one attached hydrogen (secondary N) is 1. The van der Waals surface area contributed by atoms with Crippen LogP contribution in [0.5, 0.6) is 0 Å². The quantitative estimate of drug-likeness (QED) is 0.426. The van der Waals surface area contributed by atoms with E-state index in [2.05, 4.69) is 10.4 Å². The van der Waals surface area contributed by atoms with E-state index in [4.69, 9.17) is 27.9 Å². The maximum Gasteiger partial charge on any atom is 0.410 e. The van der Waals surface area contributed by atoms with Crippen LogP contribution in [-0.2, 0) is 11.3 Å². The number of halogens is 2. The zero-order chi connectivity index (χ0) is 25.9. The number of hydrogen-bond acceptors (Lipinski definition) is 4. The second-order valence-corrected chi connectivity index (χ2v) is 10.8. The predicted octanol–water partition coefficient (Wildman–Crippen LogP) is 6.22. The zero-order valence-electron chi connectivity index (χ0n) is 20.6. The highest BCUT2D eigenvalue weighted by molar-refractivity contribution is 6.30. The summed E-state index contributed by atoms with van der Waals surface area (Å²) in [4.78, 5) is 27.6. The molecule has 0 saturated carbocycles. The maximum atomic E-state index is 13.3. The summed E-state index contributed by atoms with van der Waals surface area (Å²) in [6.45, 7) is 7.00. The number of carbonyl (C=O) groups is 2. The van der Waals surface area contributed by atoms with Gasteiger partial charge in [0.25, 0.3) is 5.91 Å². The number of piperidine rings is 1. The normalized spacial score (nSPS) is 14.5. The number of nitrogens with zero attached hydrogens (tertiary/aromatic N) is 3. The minimum atomic E-state index is -0.546. The molecule has 1 aliphatic rings. The lowest BCUT2D eigenvalue weighted by Crippen LogP contribution is -2.41. The summed E-state index contributed by atoms with van der Waals surface area (Å²) in [6.07, 6.45) is 2.67. The molecule has 1 aromatic heterocycles. The molecule has 1 saturated heterocycles. The minimum Gasteiger partial charge on any atom is -0.444 e. The number of hydrogen-bond donors (Lipinski definition) is 1. The number of benzene rings is 2. The smallest absolute Gasteiger partial charge is 0.410 e. The molecule has 2 heterocycles. The first-order valence-electron chi connectivity index (χ1n) is 11.9. The topological polar surface area (TPSA) is 76.5 Å². The highest BCUT2D eigenvalue weighted by Crippen LogP contribution is 2.33. The van der Waals surface area contributed by atoms with Crippen molar-refractivity contribution >= 4 is 35.2 Å². The molecule has 2 aromatic carbocycles. The van der Waals surface area contributed by atoms with Gasteiger partial charge in [0.15, 0.2) is 0 Å². The fraction of sp³-hybridized carbons (Fsp3) is 0.370. The van der Waals surface area contributed by atoms with Crippen molar-refractivity contribution in [3.8, 4) is 5.69 Å². The van der Waals surface area contributed by atoms with Crippen molar-refractivity contribution in [3.05, 3.63) is 81.6 Å². The number of likely N-dealkylation sites (tertiary alicyclic amines) is 1. The third-order valence-corrected chi connectivity index (χ3v) is 6.48. The van der Waals surface area contributed by atoms with Crippen LogP contribution in [0, 0.1) is 0 Å². The van der Waals surface area contributed by atoms with Gasteiger partial charge >= 0.3 is 6.09 Å². The Labute approximate surface area is 221 Å². The van der Waals surface area contributed by atoms with Gasteiger partial charge in [-0.2, -0.15) is 5.10 Å². The van der Waals surface area contributed by atoms with E-state index in [-0.39, 0.29) is 17.9 Å². The SMILES string of the molecule is CC(C)(C)OC(=O)N1CCC(c2c(C(=O)NCc3cccc(Cl)c3)cnn2-c2ccc(Cl)cc2)CC1. The van der Waals surface area contributed by atoms with Crippen molar-refractivity contribution in [1.29, 1.82) is 0 Å². The van der Waals surface area contributed by atoms with Crippen LogP contribution in [0.1, 0.15) is 61.1 Å². The number of carbonyl (C=O) groups excluding carboxylic acids is 2. The van der Waals surface area contributed by atoms with Crippen LogP contribution in [0.3, 0.4) is 0 Å². The van der Waals surface area contributed by atoms with Crippen LogP contribution in [0.2, 0.25) is 10.0 Å². The molecular weight excluding hydrogens is 499 g/mol. The average molecular weight is 529 g/mol. The van der Waals surface area contributed by atoms with Crippen molar-refractivity contribution in [1.82, 2.24) is 20.0 Å². The molecule has 36 heavy (non-hydrogen) atoms. The summed E-state index contributed by atoms with van der Waals surface area (Å²) in [5.41, 5.74) is 2.52. The summed E-state index contributed by atoms with van der Waals surface area (Å²) in [6, 6.07) is 14.7. The third kappa shape index (κ3) is 6.39. The van der Waals surface area contributed by atoms with Gasteiger partial charge in [-0.25, -0.2) is 9.48 Å². The number of amides is 2. The number of aromatic nitrogens is 2. The van der Waals surface area contributed by atoms with Gasteiger partial charge in [0.2, 0.25) is 0 Å². The second-order valence-electron chi connectivity index (χ2n) is 9.89. The van der Waals surface area contributed by atoms with Crippen molar-refractivity contribution in [2.75, 3.05) is 13.1 Å². The van der Waals surface area contributed by atoms with E-state index in [9.17, 15) is 9.59 Å². The summed E-state index contributed by atoms with van der Waals surface area (Å²) in [5.74, 6) is -0.173. The van der Waals surface area contributed by atoms with Gasteiger partial charge in [0.1, 0.15) is 5.60 Å². The van der Waals surface area contributed by atoms with Crippen LogP contribution in [-0.4, -0.2) is 45.4 Å². The Hall–Kier alpha value is -3.03. The van der Waals surface area contributed by atoms with E-state index in [1.165, 1.54) is 0 Å². The first kappa shape index (κ1) is 26.0. The molecule has 190 valence electrons. The van der Waals surface area contributed by atoms with Crippen molar-refractivity contribution in [3.63, 3.8) is 0 Å². The first-order valence-corrected chi connectivity index (χ1v) is 12.7. The molecular formula is C27H30Cl2N4O3. The van der Waals surface area contributed by atoms with Crippen LogP contribution in [0.25, 0.3) is 5.69 Å². The Morgan fingerprint density at radius 3 is 2.39 bits per heavy atom. The summed E-state index contributed by atoms with van der Waals surface area (Å²) < 4.78 is 7.34. The van der Waals surface area contributed by atoms with Gasteiger partial charge in [0.05, 0.1) is 23.1 Å². The molecule has 3 aromatic rings. The van der Waals surface area contributed by atoms with E-state index in [0.717, 1.165) is 16.9 Å². The highest BCUT2D eigenvalue weighted by Gasteiger charge is 2.32. The summed E-state index contributed by atoms with van der Waals surface area (Å²) >= 11 is 12.2. The molecule has 4 rings (SSSR count). The average Bonchev–Trinajstić information content (AvgIpc) is 3.27. The molecule has 0 radical (unpaired) electrons. The van der Waals surface area contributed by atoms with Gasteiger partial charge in [-0.1, -0.05) is 35.3 Å². The molecule has 0 bridgehead atoms. The molecule has 0 atom stereocenters. The van der Waals surface area contributed by atoms with Crippen molar-refractivity contribution in [2.45, 2.75) is 51.7 Å². The fourth-order valence-electron chi connectivity index (χ4n) is 4.30. The lowest BCUT2D eigenvalue weighted by atomic mass is 9.91. The van der Waals surface area contributed by atoms with Gasteiger partial charge < -0.3 is 15.0 Å². The Morgan fingerprint density at radius 1 is 1.06 bits per heavy atom. The second kappa shape index (κ2) is 10.9. The summed E-state index contributed by atoms with van der Waals surface area (Å²) in [7, 11) is 0. The number of ether oxygens (including phenoxy) is 1. The zero-order valence-corrected chi connectivity index (χ0v) is 22.1. The third-order valence-electron chi connectivity index (χ3n) is 6.00. The van der Waals surface area contributed by atoms with Crippen molar-refractivity contribution in [2.24, 2.45) is 0 Å². The largest absolute Gasteiger partial charge is 0.444 e. The lowest BCUT2D eigenvalue weighted by Gasteiger charge is -2.34. The molecule has 1 fully saturated rings. The fourth-order valence-corrected chi connectivity index (χ4v) is 4.64. The molecule has 0 aliphatic carbocycles. The van der Waals surface area contributed by atoms with Gasteiger partial charge in [-0.3, -0.25) is 4.79 Å². The molecule has 7 nitrogen and oxygen atoms in total. The Kier molecular flexibility index (Phi) is 7.91. The summed E-state index contributed by atoms with van der Waals surface area (Å²) in [5, 5.41) is 8.81. The molecule has 0 unspecified atom stereocenters. The van der Waals surface area contributed by atoms with Crippen LogP contribution in [0.15, 0.2) is 54.7 Å². The van der Waals surface area contributed by atoms with Crippen LogP contribution >= 0.6 is 23.2 Å². The Balaban J connectivity index is 1.56. The maximum absolute atomic E-state index is 13.3. The van der Waals surface area contributed by atoms with E-state index >= 15 is 0 Å². The highest BCUT2D eigenvalue weighted by atomic mass is 35.5. The first-order chi connectivity index (χ1) is 17.1. The molecule has 1 aliphatic heterocycles. The lowest BCUT2D eigenvalue weighted by molar-refractivity contribution is 0.0203. The van der Waals surface area contributed by atoms with E-state index < -0.39 is 5.60 Å². The van der Waals surface area contributed by atoms with Gasteiger partial charge in [-0.05, 0) is 75.6 Å². The molecule has 9 heteroatoms. The monoisotopic (exact) mass is 528 g/mol. The number of rotatable bonds is 5. The molecule has 1 N–H and O–H groups in total. The van der Waals surface area contributed by atoms with Crippen molar-refractivity contribution < 1.29 is 14.3 Å². The van der Waals surface area contributed by atoms with Gasteiger partial charge in [-0.15, -0.1) is 0 Å². The molecule has 2 amide bonds. The predicted molar refractivity (Wildman–Crippen MR) is 141 cm³/mol. The van der Waals surface area contributed by atoms with Gasteiger partial charge in [0, 0.05) is 35.6 Å². The van der Waals surface area contributed by atoms with E-state index in [1.807, 2.05) is 51.1 Å². The van der Waals surface area contributed by atoms with Crippen LogP contribution < -0.4 is 5.32 Å². The molecule has 0 spiro atoms. The van der Waals surface area contributed by atoms with Crippen LogP contribution in [0.4, 0.5) is 4.79 Å². The van der Waals surface area contributed by atoms with E-state index in [0.29, 0.717) is 48.1 Å². The standard InChI is InChI=1S/C27H30Cl2N4O3/c1-27(2,3)36-26(35)32-13-11-19(12-14-32)24-23(17-31-33(24)22-9-7-20(28)8-10-22)25(34)30-16-18-5-4-6-21(29)15-18/h4-10,15,17,19H,11-14,16H2,1-3H3,(H,30,34). The minimum absolute atomic E-state index is 0.0359. The Bertz CT molecular complexity index is 1230. The van der Waals surface area contributed by atoms with E-state index in [1.54, 1.807) is 34.0 Å². The Morgan fingerprint density at radius 2 is 1.75 bits per heavy atom.